The quantitative estimate of drug-likeness (QED) is 0.723. The van der Waals surface area contributed by atoms with Crippen LogP contribution in [0.3, 0.4) is 0 Å². The van der Waals surface area contributed by atoms with Gasteiger partial charge in [0.05, 0.1) is 21.3 Å². The largest absolute Gasteiger partial charge is 0.493 e. The van der Waals surface area contributed by atoms with E-state index in [0.717, 1.165) is 37.2 Å². The lowest BCUT2D eigenvalue weighted by Gasteiger charge is -2.19. The number of carbonyl (C=O) groups is 1. The zero-order valence-corrected chi connectivity index (χ0v) is 17.1. The Hall–Kier alpha value is -2.96. The maximum Gasteiger partial charge on any atom is 0.224 e. The Morgan fingerprint density at radius 2 is 1.76 bits per heavy atom. The predicted octanol–water partition coefficient (Wildman–Crippen LogP) is 4.02. The highest BCUT2D eigenvalue weighted by molar-refractivity contribution is 5.91. The summed E-state index contributed by atoms with van der Waals surface area (Å²) in [5.41, 5.74) is 2.10. The molecule has 1 saturated heterocycles. The van der Waals surface area contributed by atoms with Gasteiger partial charge in [-0.15, -0.1) is 0 Å². The Kier molecular flexibility index (Phi) is 6.80. The second kappa shape index (κ2) is 9.49. The van der Waals surface area contributed by atoms with E-state index in [0.29, 0.717) is 29.4 Å². The average Bonchev–Trinajstić information content (AvgIpc) is 3.25. The lowest BCUT2D eigenvalue weighted by atomic mass is 10.1. The fourth-order valence-corrected chi connectivity index (χ4v) is 3.64. The molecule has 1 amide bonds. The number of amides is 1. The first kappa shape index (κ1) is 20.8. The molecule has 7 heteroatoms. The molecule has 156 valence electrons. The summed E-state index contributed by atoms with van der Waals surface area (Å²) in [7, 11) is 4.64. The number of benzene rings is 2. The van der Waals surface area contributed by atoms with E-state index in [-0.39, 0.29) is 18.1 Å². The van der Waals surface area contributed by atoms with Gasteiger partial charge in [-0.1, -0.05) is 6.07 Å². The third-order valence-corrected chi connectivity index (χ3v) is 5.04. The number of nitrogens with one attached hydrogen (secondary N) is 1. The highest BCUT2D eigenvalue weighted by Gasteiger charge is 2.17. The van der Waals surface area contributed by atoms with Crippen molar-refractivity contribution in [2.75, 3.05) is 44.6 Å². The van der Waals surface area contributed by atoms with Gasteiger partial charge in [0.1, 0.15) is 5.82 Å². The second-order valence-electron chi connectivity index (χ2n) is 6.93. The molecule has 0 saturated carbocycles. The molecule has 1 fully saturated rings. The predicted molar refractivity (Wildman–Crippen MR) is 111 cm³/mol. The minimum absolute atomic E-state index is 0.195. The van der Waals surface area contributed by atoms with E-state index in [1.165, 1.54) is 12.1 Å². The van der Waals surface area contributed by atoms with Gasteiger partial charge >= 0.3 is 0 Å². The monoisotopic (exact) mass is 402 g/mol. The van der Waals surface area contributed by atoms with Crippen molar-refractivity contribution in [3.8, 4) is 17.2 Å². The van der Waals surface area contributed by atoms with Crippen LogP contribution in [0.25, 0.3) is 0 Å². The summed E-state index contributed by atoms with van der Waals surface area (Å²) in [5, 5.41) is 2.80. The summed E-state index contributed by atoms with van der Waals surface area (Å²) in [6.45, 7) is 1.83. The molecule has 2 aromatic carbocycles. The van der Waals surface area contributed by atoms with E-state index in [4.69, 9.17) is 14.2 Å². The normalized spacial score (nSPS) is 13.3. The number of methoxy groups -OCH3 is 3. The van der Waals surface area contributed by atoms with Gasteiger partial charge in [0.25, 0.3) is 0 Å². The molecule has 0 atom stereocenters. The molecular weight excluding hydrogens is 375 g/mol. The van der Waals surface area contributed by atoms with Crippen LogP contribution in [0, 0.1) is 5.82 Å². The Morgan fingerprint density at radius 3 is 2.41 bits per heavy atom. The van der Waals surface area contributed by atoms with Crippen molar-refractivity contribution in [2.45, 2.75) is 25.7 Å². The molecule has 0 unspecified atom stereocenters. The van der Waals surface area contributed by atoms with Crippen LogP contribution in [-0.4, -0.2) is 40.3 Å². The number of hydrogen-bond acceptors (Lipinski definition) is 5. The molecule has 29 heavy (non-hydrogen) atoms. The maximum absolute atomic E-state index is 14.0. The topological polar surface area (TPSA) is 60.0 Å². The highest BCUT2D eigenvalue weighted by Crippen LogP contribution is 2.40. The maximum atomic E-state index is 14.0. The van der Waals surface area contributed by atoms with Gasteiger partial charge in [0, 0.05) is 30.9 Å². The van der Waals surface area contributed by atoms with Crippen LogP contribution in [0.5, 0.6) is 17.2 Å². The smallest absolute Gasteiger partial charge is 0.224 e. The van der Waals surface area contributed by atoms with Crippen molar-refractivity contribution in [3.63, 3.8) is 0 Å². The van der Waals surface area contributed by atoms with Gasteiger partial charge < -0.3 is 24.4 Å². The SMILES string of the molecule is COc1ccc(CCC(=O)Nc2cc(F)cc(N3CCCC3)c2)c(OC)c1OC. The number of rotatable bonds is 8. The lowest BCUT2D eigenvalue weighted by Crippen LogP contribution is -2.18. The summed E-state index contributed by atoms with van der Waals surface area (Å²) in [5.74, 6) is 1.05. The summed E-state index contributed by atoms with van der Waals surface area (Å²) >= 11 is 0. The first-order valence-corrected chi connectivity index (χ1v) is 9.69. The van der Waals surface area contributed by atoms with Gasteiger partial charge in [-0.05, 0) is 49.1 Å². The van der Waals surface area contributed by atoms with Crippen molar-refractivity contribution in [3.05, 3.63) is 41.7 Å². The minimum atomic E-state index is -0.355. The number of ether oxygens (including phenoxy) is 3. The van der Waals surface area contributed by atoms with Crippen LogP contribution in [0.1, 0.15) is 24.8 Å². The lowest BCUT2D eigenvalue weighted by molar-refractivity contribution is -0.116. The third-order valence-electron chi connectivity index (χ3n) is 5.04. The minimum Gasteiger partial charge on any atom is -0.493 e. The number of halogens is 1. The van der Waals surface area contributed by atoms with Gasteiger partial charge in [-0.25, -0.2) is 4.39 Å². The molecule has 2 aromatic rings. The first-order valence-electron chi connectivity index (χ1n) is 9.69. The number of aryl methyl sites for hydroxylation is 1. The van der Waals surface area contributed by atoms with Gasteiger partial charge in [-0.3, -0.25) is 4.79 Å². The summed E-state index contributed by atoms with van der Waals surface area (Å²) < 4.78 is 30.1. The Bertz CT molecular complexity index is 866. The fourth-order valence-electron chi connectivity index (χ4n) is 3.64. The zero-order valence-electron chi connectivity index (χ0n) is 17.1. The fraction of sp³-hybridized carbons (Fsp3) is 0.409. The molecular formula is C22H27FN2O4. The number of nitrogens with zero attached hydrogens (tertiary/aromatic N) is 1. The average molecular weight is 402 g/mol. The molecule has 3 rings (SSSR count). The molecule has 0 aliphatic carbocycles. The second-order valence-corrected chi connectivity index (χ2v) is 6.93. The molecule has 1 aliphatic heterocycles. The van der Waals surface area contributed by atoms with E-state index in [1.807, 2.05) is 12.1 Å². The van der Waals surface area contributed by atoms with E-state index in [1.54, 1.807) is 27.4 Å². The van der Waals surface area contributed by atoms with E-state index in [9.17, 15) is 9.18 Å². The van der Waals surface area contributed by atoms with Crippen molar-refractivity contribution < 1.29 is 23.4 Å². The van der Waals surface area contributed by atoms with Crippen LogP contribution in [0.4, 0.5) is 15.8 Å². The Labute approximate surface area is 170 Å². The number of anilines is 2. The summed E-state index contributed by atoms with van der Waals surface area (Å²) in [6, 6.07) is 8.30. The van der Waals surface area contributed by atoms with Crippen LogP contribution < -0.4 is 24.4 Å². The molecule has 1 heterocycles. The van der Waals surface area contributed by atoms with Crippen LogP contribution in [0.2, 0.25) is 0 Å². The highest BCUT2D eigenvalue weighted by atomic mass is 19.1. The molecule has 6 nitrogen and oxygen atoms in total. The van der Waals surface area contributed by atoms with Crippen LogP contribution >= 0.6 is 0 Å². The van der Waals surface area contributed by atoms with E-state index in [2.05, 4.69) is 10.2 Å². The summed E-state index contributed by atoms with van der Waals surface area (Å²) in [6.07, 6.45) is 2.88. The number of hydrogen-bond donors (Lipinski definition) is 1. The van der Waals surface area contributed by atoms with E-state index >= 15 is 0 Å². The Morgan fingerprint density at radius 1 is 1.03 bits per heavy atom. The molecule has 1 aliphatic rings. The third kappa shape index (κ3) is 4.91. The van der Waals surface area contributed by atoms with Crippen LogP contribution in [-0.2, 0) is 11.2 Å². The van der Waals surface area contributed by atoms with Gasteiger partial charge in [-0.2, -0.15) is 0 Å². The van der Waals surface area contributed by atoms with Gasteiger partial charge in [0.2, 0.25) is 11.7 Å². The molecule has 0 radical (unpaired) electrons. The Balaban J connectivity index is 1.67. The van der Waals surface area contributed by atoms with Crippen molar-refractivity contribution in [2.24, 2.45) is 0 Å². The molecule has 1 N–H and O–H groups in total. The van der Waals surface area contributed by atoms with Crippen molar-refractivity contribution >= 4 is 17.3 Å². The zero-order chi connectivity index (χ0) is 20.8. The summed E-state index contributed by atoms with van der Waals surface area (Å²) in [4.78, 5) is 14.6. The molecule has 0 bridgehead atoms. The van der Waals surface area contributed by atoms with E-state index < -0.39 is 0 Å². The number of carbonyl (C=O) groups excluding carboxylic acids is 1. The molecule has 0 aromatic heterocycles. The first-order chi connectivity index (χ1) is 14.0. The van der Waals surface area contributed by atoms with Crippen molar-refractivity contribution in [1.29, 1.82) is 0 Å². The molecule has 0 spiro atoms. The van der Waals surface area contributed by atoms with Gasteiger partial charge in [0.15, 0.2) is 11.5 Å². The standard InChI is InChI=1S/C22H27FN2O4/c1-27-19-8-6-15(21(28-2)22(19)29-3)7-9-20(26)24-17-12-16(23)13-18(14-17)25-10-4-5-11-25/h6,8,12-14H,4-5,7,9-11H2,1-3H3,(H,24,26). The van der Waals surface area contributed by atoms with Crippen LogP contribution in [0.15, 0.2) is 30.3 Å². The van der Waals surface area contributed by atoms with Crippen molar-refractivity contribution in [1.82, 2.24) is 0 Å².